The molecule has 1 aromatic rings. The number of esters is 2. The maximum Gasteiger partial charge on any atom is 0.339 e. The predicted molar refractivity (Wildman–Crippen MR) is 116 cm³/mol. The highest BCUT2D eigenvalue weighted by molar-refractivity contribution is 6.51. The van der Waals surface area contributed by atoms with Gasteiger partial charge in [0.15, 0.2) is 17.3 Å². The maximum atomic E-state index is 13.2. The summed E-state index contributed by atoms with van der Waals surface area (Å²) in [4.78, 5) is 51.5. The fourth-order valence-corrected chi connectivity index (χ4v) is 3.77. The summed E-state index contributed by atoms with van der Waals surface area (Å²) in [7, 11) is 6.26. The van der Waals surface area contributed by atoms with E-state index in [4.69, 9.17) is 33.2 Å². The third-order valence-electron chi connectivity index (χ3n) is 5.50. The number of phenolic OH excluding ortho intramolecular Hbond substituents is 1. The number of phenols is 1. The molecule has 2 aliphatic rings. The third kappa shape index (κ3) is 4.57. The summed E-state index contributed by atoms with van der Waals surface area (Å²) in [6.45, 7) is -0.639. The highest BCUT2D eigenvalue weighted by Crippen LogP contribution is 2.48. The van der Waals surface area contributed by atoms with Crippen molar-refractivity contribution in [3.05, 3.63) is 34.6 Å². The minimum Gasteiger partial charge on any atom is -0.504 e. The Morgan fingerprint density at radius 3 is 1.91 bits per heavy atom. The molecule has 0 aromatic heterocycles. The molecular weight excluding hydrogens is 468 g/mol. The standard InChI is InChI=1S/C23H24O12/c1-29-14-8-34-22(27)10-6-12(24)18(26)20(32-4)16(10)17-11(23(28)35-9-15(14)30-2)7-13(25)19(31-3)21(17)33-5/h6-7,14-15,25H,8-9H2,1-5H3/t14-,15-/m0/s1. The zero-order chi connectivity index (χ0) is 25.9. The van der Waals surface area contributed by atoms with Crippen molar-refractivity contribution >= 4 is 29.1 Å². The number of aromatic hydroxyl groups is 1. The lowest BCUT2D eigenvalue weighted by Crippen LogP contribution is -2.39. The number of allylic oxidation sites excluding steroid dienone is 2. The Bertz CT molecular complexity index is 1130. The van der Waals surface area contributed by atoms with Crippen LogP contribution in [-0.4, -0.2) is 89.6 Å². The first-order chi connectivity index (χ1) is 16.7. The molecule has 0 saturated carbocycles. The molecule has 1 heterocycles. The average Bonchev–Trinajstić information content (AvgIpc) is 2.85. The Hall–Kier alpha value is -3.90. The molecule has 35 heavy (non-hydrogen) atoms. The Kier molecular flexibility index (Phi) is 7.77. The van der Waals surface area contributed by atoms with Gasteiger partial charge in [-0.1, -0.05) is 0 Å². The van der Waals surface area contributed by atoms with E-state index >= 15 is 0 Å². The Morgan fingerprint density at radius 2 is 1.40 bits per heavy atom. The van der Waals surface area contributed by atoms with Crippen LogP contribution in [0.15, 0.2) is 23.5 Å². The van der Waals surface area contributed by atoms with Gasteiger partial charge in [0, 0.05) is 31.4 Å². The summed E-state index contributed by atoms with van der Waals surface area (Å²) < 4.78 is 37.2. The van der Waals surface area contributed by atoms with E-state index in [2.05, 4.69) is 0 Å². The van der Waals surface area contributed by atoms with Crippen LogP contribution in [0, 0.1) is 0 Å². The van der Waals surface area contributed by atoms with Gasteiger partial charge in [0.25, 0.3) is 5.78 Å². The molecule has 1 aliphatic carbocycles. The van der Waals surface area contributed by atoms with Gasteiger partial charge in [-0.25, -0.2) is 9.59 Å². The van der Waals surface area contributed by atoms with E-state index in [-0.39, 0.29) is 41.4 Å². The van der Waals surface area contributed by atoms with E-state index in [0.29, 0.717) is 0 Å². The Labute approximate surface area is 199 Å². The van der Waals surface area contributed by atoms with Crippen molar-refractivity contribution in [2.45, 2.75) is 12.2 Å². The number of ether oxygens (including phenoxy) is 7. The normalized spacial score (nSPS) is 21.0. The first kappa shape index (κ1) is 25.7. The lowest BCUT2D eigenvalue weighted by Gasteiger charge is -2.27. The first-order valence-electron chi connectivity index (χ1n) is 10.2. The summed E-state index contributed by atoms with van der Waals surface area (Å²) in [5.41, 5.74) is -1.17. The second-order valence-corrected chi connectivity index (χ2v) is 7.29. The van der Waals surface area contributed by atoms with Crippen LogP contribution in [0.4, 0.5) is 0 Å². The monoisotopic (exact) mass is 492 g/mol. The number of methoxy groups -OCH3 is 5. The molecule has 1 aromatic carbocycles. The SMILES string of the molecule is COC1=C2C(=CC(=O)C1=O)C(=O)OC[C@H](OC)[C@@H](OC)COC(=O)c1cc(O)c(OC)c(OC)c12. The number of hydrogen-bond donors (Lipinski definition) is 1. The van der Waals surface area contributed by atoms with Gasteiger partial charge in [-0.05, 0) is 6.07 Å². The molecule has 0 spiro atoms. The van der Waals surface area contributed by atoms with Gasteiger partial charge in [-0.3, -0.25) is 9.59 Å². The number of cyclic esters (lactones) is 2. The van der Waals surface area contributed by atoms with Crippen LogP contribution < -0.4 is 9.47 Å². The van der Waals surface area contributed by atoms with E-state index in [1.165, 1.54) is 28.4 Å². The molecule has 0 unspecified atom stereocenters. The number of rotatable bonds is 5. The molecule has 12 heteroatoms. The lowest BCUT2D eigenvalue weighted by atomic mass is 9.85. The number of fused-ring (bicyclic) bond motifs is 3. The summed E-state index contributed by atoms with van der Waals surface area (Å²) in [5, 5.41) is 10.5. The zero-order valence-electron chi connectivity index (χ0n) is 19.7. The van der Waals surface area contributed by atoms with Crippen LogP contribution in [0.2, 0.25) is 0 Å². The van der Waals surface area contributed by atoms with Crippen molar-refractivity contribution < 1.29 is 57.4 Å². The summed E-state index contributed by atoms with van der Waals surface area (Å²) in [6.07, 6.45) is -0.899. The number of Topliss-reactive ketones (excluding diaryl/α,β-unsaturated/α-hetero) is 1. The predicted octanol–water partition coefficient (Wildman–Crippen LogP) is 0.589. The molecular formula is C23H24O12. The Morgan fingerprint density at radius 1 is 0.829 bits per heavy atom. The van der Waals surface area contributed by atoms with E-state index in [0.717, 1.165) is 19.3 Å². The van der Waals surface area contributed by atoms with Gasteiger partial charge in [-0.15, -0.1) is 0 Å². The minimum absolute atomic E-state index is 0.189. The van der Waals surface area contributed by atoms with Gasteiger partial charge < -0.3 is 38.3 Å². The molecule has 0 saturated heterocycles. The molecule has 1 N–H and O–H groups in total. The number of ketones is 2. The van der Waals surface area contributed by atoms with E-state index in [9.17, 15) is 24.3 Å². The maximum absolute atomic E-state index is 13.2. The van der Waals surface area contributed by atoms with Crippen LogP contribution in [0.3, 0.4) is 0 Å². The van der Waals surface area contributed by atoms with Gasteiger partial charge in [-0.2, -0.15) is 0 Å². The van der Waals surface area contributed by atoms with Gasteiger partial charge in [0.2, 0.25) is 11.5 Å². The summed E-state index contributed by atoms with van der Waals surface area (Å²) in [5.74, 6) is -5.56. The van der Waals surface area contributed by atoms with Crippen molar-refractivity contribution in [2.75, 3.05) is 48.8 Å². The fraction of sp³-hybridized carbons (Fsp3) is 0.391. The second kappa shape index (κ2) is 10.6. The quantitative estimate of drug-likeness (QED) is 0.348. The first-order valence-corrected chi connectivity index (χ1v) is 10.2. The van der Waals surface area contributed by atoms with Crippen molar-refractivity contribution in [3.8, 4) is 17.2 Å². The van der Waals surface area contributed by atoms with E-state index < -0.39 is 52.8 Å². The van der Waals surface area contributed by atoms with Gasteiger partial charge in [0.05, 0.1) is 32.5 Å². The highest BCUT2D eigenvalue weighted by atomic mass is 16.6. The molecule has 1 aliphatic heterocycles. The molecule has 3 rings (SSSR count). The van der Waals surface area contributed by atoms with Crippen LogP contribution >= 0.6 is 0 Å². The third-order valence-corrected chi connectivity index (χ3v) is 5.50. The molecule has 188 valence electrons. The van der Waals surface area contributed by atoms with Crippen molar-refractivity contribution in [1.82, 2.24) is 0 Å². The molecule has 0 amide bonds. The summed E-state index contributed by atoms with van der Waals surface area (Å²) in [6, 6.07) is 1.02. The number of hydrogen-bond acceptors (Lipinski definition) is 12. The number of carbonyl (C=O) groups excluding carboxylic acids is 4. The van der Waals surface area contributed by atoms with Crippen LogP contribution in [-0.2, 0) is 38.1 Å². The van der Waals surface area contributed by atoms with Crippen molar-refractivity contribution in [2.24, 2.45) is 0 Å². The molecule has 0 fully saturated rings. The van der Waals surface area contributed by atoms with E-state index in [1.54, 1.807) is 0 Å². The zero-order valence-corrected chi connectivity index (χ0v) is 19.7. The molecule has 12 nitrogen and oxygen atoms in total. The van der Waals surface area contributed by atoms with Crippen LogP contribution in [0.1, 0.15) is 15.9 Å². The smallest absolute Gasteiger partial charge is 0.339 e. The summed E-state index contributed by atoms with van der Waals surface area (Å²) >= 11 is 0. The van der Waals surface area contributed by atoms with E-state index in [1.807, 2.05) is 0 Å². The van der Waals surface area contributed by atoms with Crippen molar-refractivity contribution in [3.63, 3.8) is 0 Å². The number of carbonyl (C=O) groups is 4. The van der Waals surface area contributed by atoms with Crippen LogP contribution in [0.25, 0.3) is 5.57 Å². The molecule has 2 atom stereocenters. The van der Waals surface area contributed by atoms with Crippen LogP contribution in [0.5, 0.6) is 17.2 Å². The fourth-order valence-electron chi connectivity index (χ4n) is 3.77. The Balaban J connectivity index is 2.42. The highest BCUT2D eigenvalue weighted by Gasteiger charge is 2.40. The lowest BCUT2D eigenvalue weighted by molar-refractivity contribution is -0.148. The van der Waals surface area contributed by atoms with Gasteiger partial charge >= 0.3 is 11.9 Å². The number of benzene rings is 1. The molecule has 0 bridgehead atoms. The average molecular weight is 492 g/mol. The molecule has 0 radical (unpaired) electrons. The topological polar surface area (TPSA) is 153 Å². The largest absolute Gasteiger partial charge is 0.504 e. The van der Waals surface area contributed by atoms with Gasteiger partial charge in [0.1, 0.15) is 25.4 Å². The minimum atomic E-state index is -1.08. The second-order valence-electron chi connectivity index (χ2n) is 7.29. The van der Waals surface area contributed by atoms with Crippen molar-refractivity contribution in [1.29, 1.82) is 0 Å².